The van der Waals surface area contributed by atoms with Crippen LogP contribution in [0.3, 0.4) is 0 Å². The van der Waals surface area contributed by atoms with E-state index in [1.165, 1.54) is 0 Å². The lowest BCUT2D eigenvalue weighted by Crippen LogP contribution is -2.02. The molecule has 0 bridgehead atoms. The molecule has 3 nitrogen and oxygen atoms in total. The van der Waals surface area contributed by atoms with Gasteiger partial charge in [-0.25, -0.2) is 4.79 Å². The summed E-state index contributed by atoms with van der Waals surface area (Å²) >= 11 is 2.24. The Morgan fingerprint density at radius 3 is 2.81 bits per heavy atom. The van der Waals surface area contributed by atoms with Gasteiger partial charge in [-0.15, -0.1) is 0 Å². The van der Waals surface area contributed by atoms with Gasteiger partial charge in [-0.2, -0.15) is 0 Å². The molecule has 0 aliphatic rings. The Kier molecular flexibility index (Phi) is 5.59. The minimum atomic E-state index is -0.916. The van der Waals surface area contributed by atoms with Crippen LogP contribution in [0.25, 0.3) is 0 Å². The number of ether oxygens (including phenoxy) is 1. The first-order valence-electron chi connectivity index (χ1n) is 5.24. The third-order valence-corrected chi connectivity index (χ3v) is 3.04. The largest absolute Gasteiger partial charge is 0.493 e. The lowest BCUT2D eigenvalue weighted by atomic mass is 10.1. The van der Waals surface area contributed by atoms with Crippen molar-refractivity contribution in [2.45, 2.75) is 24.2 Å². The molecule has 1 rings (SSSR count). The summed E-state index contributed by atoms with van der Waals surface area (Å²) in [4.78, 5) is 10.8. The van der Waals surface area contributed by atoms with Gasteiger partial charge in [-0.1, -0.05) is 42.0 Å². The molecule has 0 atom stereocenters. The third-order valence-electron chi connectivity index (χ3n) is 2.21. The second-order valence-corrected chi connectivity index (χ2v) is 4.23. The Morgan fingerprint density at radius 2 is 2.25 bits per heavy atom. The fraction of sp³-hybridized carbons (Fsp3) is 0.417. The van der Waals surface area contributed by atoms with Gasteiger partial charge in [0.15, 0.2) is 0 Å². The maximum Gasteiger partial charge on any atom is 0.335 e. The van der Waals surface area contributed by atoms with Crippen molar-refractivity contribution in [3.63, 3.8) is 0 Å². The van der Waals surface area contributed by atoms with Gasteiger partial charge in [0.05, 0.1) is 12.2 Å². The van der Waals surface area contributed by atoms with Crippen LogP contribution >= 0.6 is 22.6 Å². The molecule has 1 aromatic carbocycles. The molecule has 16 heavy (non-hydrogen) atoms. The van der Waals surface area contributed by atoms with E-state index >= 15 is 0 Å². The highest BCUT2D eigenvalue weighted by Gasteiger charge is 2.08. The highest BCUT2D eigenvalue weighted by atomic mass is 127. The maximum atomic E-state index is 10.8. The zero-order chi connectivity index (χ0) is 12.0. The van der Waals surface area contributed by atoms with Gasteiger partial charge in [0.2, 0.25) is 0 Å². The Morgan fingerprint density at radius 1 is 1.50 bits per heavy atom. The van der Waals surface area contributed by atoms with E-state index in [4.69, 9.17) is 9.84 Å². The van der Waals surface area contributed by atoms with Crippen LogP contribution in [-0.4, -0.2) is 17.7 Å². The molecule has 0 unspecified atom stereocenters. The van der Waals surface area contributed by atoms with Crippen LogP contribution in [0.4, 0.5) is 0 Å². The number of hydrogen-bond acceptors (Lipinski definition) is 2. The summed E-state index contributed by atoms with van der Waals surface area (Å²) in [6, 6.07) is 5.03. The predicted molar refractivity (Wildman–Crippen MR) is 71.5 cm³/mol. The molecule has 0 heterocycles. The number of halogens is 1. The number of benzene rings is 1. The van der Waals surface area contributed by atoms with Crippen LogP contribution in [0.1, 0.15) is 35.7 Å². The topological polar surface area (TPSA) is 46.5 Å². The molecule has 0 radical (unpaired) electrons. The summed E-state index contributed by atoms with van der Waals surface area (Å²) < 4.78 is 6.41. The summed E-state index contributed by atoms with van der Waals surface area (Å²) in [5, 5.41) is 8.89. The molecular formula is C12H15IO3. The fourth-order valence-electron chi connectivity index (χ4n) is 1.26. The monoisotopic (exact) mass is 334 g/mol. The third kappa shape index (κ3) is 3.66. The number of rotatable bonds is 6. The van der Waals surface area contributed by atoms with Crippen LogP contribution in [0.5, 0.6) is 5.75 Å². The Bertz CT molecular complexity index is 363. The summed E-state index contributed by atoms with van der Waals surface area (Å²) in [5.74, 6) is -0.219. The van der Waals surface area contributed by atoms with E-state index < -0.39 is 5.97 Å². The number of carboxylic acid groups (broad SMARTS) is 1. The number of hydrogen-bond donors (Lipinski definition) is 1. The Labute approximate surface area is 109 Å². The lowest BCUT2D eigenvalue weighted by molar-refractivity contribution is 0.0696. The molecule has 0 aliphatic carbocycles. The van der Waals surface area contributed by atoms with Gasteiger partial charge in [0.25, 0.3) is 0 Å². The van der Waals surface area contributed by atoms with E-state index in [2.05, 4.69) is 29.5 Å². The number of carboxylic acids is 1. The smallest absolute Gasteiger partial charge is 0.335 e. The van der Waals surface area contributed by atoms with Gasteiger partial charge < -0.3 is 9.84 Å². The molecule has 0 amide bonds. The lowest BCUT2D eigenvalue weighted by Gasteiger charge is -2.10. The first-order chi connectivity index (χ1) is 7.69. The second-order valence-electron chi connectivity index (χ2n) is 3.46. The zero-order valence-corrected chi connectivity index (χ0v) is 11.4. The van der Waals surface area contributed by atoms with E-state index in [0.717, 1.165) is 22.8 Å². The van der Waals surface area contributed by atoms with Crippen molar-refractivity contribution < 1.29 is 14.6 Å². The van der Waals surface area contributed by atoms with Crippen LogP contribution in [0, 0.1) is 0 Å². The van der Waals surface area contributed by atoms with E-state index in [0.29, 0.717) is 12.4 Å². The number of alkyl halides is 1. The van der Waals surface area contributed by atoms with E-state index in [9.17, 15) is 4.79 Å². The van der Waals surface area contributed by atoms with Gasteiger partial charge >= 0.3 is 5.97 Å². The van der Waals surface area contributed by atoms with Crippen molar-refractivity contribution in [2.24, 2.45) is 0 Å². The molecule has 0 aromatic heterocycles. The highest BCUT2D eigenvalue weighted by molar-refractivity contribution is 14.1. The number of unbranched alkanes of at least 4 members (excludes halogenated alkanes) is 1. The maximum absolute atomic E-state index is 10.8. The summed E-state index contributed by atoms with van der Waals surface area (Å²) in [6.07, 6.45) is 2.05. The molecule has 88 valence electrons. The van der Waals surface area contributed by atoms with Gasteiger partial charge in [0, 0.05) is 9.99 Å². The first-order valence-corrected chi connectivity index (χ1v) is 6.76. The second kappa shape index (κ2) is 6.73. The minimum Gasteiger partial charge on any atom is -0.493 e. The average molecular weight is 334 g/mol. The summed E-state index contributed by atoms with van der Waals surface area (Å²) in [7, 11) is 0. The standard InChI is InChI=1S/C12H15IO3/c1-2-3-6-16-11-7-9(12(14)15)4-5-10(11)8-13/h4-5,7H,2-3,6,8H2,1H3,(H,14,15). The minimum absolute atomic E-state index is 0.278. The van der Waals surface area contributed by atoms with Gasteiger partial charge in [-0.3, -0.25) is 0 Å². The van der Waals surface area contributed by atoms with Crippen molar-refractivity contribution in [3.8, 4) is 5.75 Å². The number of carbonyl (C=O) groups is 1. The summed E-state index contributed by atoms with van der Waals surface area (Å²) in [6.45, 7) is 2.74. The fourth-order valence-corrected chi connectivity index (χ4v) is 1.89. The molecule has 0 saturated heterocycles. The van der Waals surface area contributed by atoms with E-state index in [1.807, 2.05) is 6.07 Å². The van der Waals surface area contributed by atoms with Gasteiger partial charge in [-0.05, 0) is 18.6 Å². The van der Waals surface area contributed by atoms with Crippen molar-refractivity contribution in [1.82, 2.24) is 0 Å². The van der Waals surface area contributed by atoms with Crippen LogP contribution < -0.4 is 4.74 Å². The first kappa shape index (κ1) is 13.3. The zero-order valence-electron chi connectivity index (χ0n) is 9.20. The molecule has 0 aliphatic heterocycles. The highest BCUT2D eigenvalue weighted by Crippen LogP contribution is 2.23. The van der Waals surface area contributed by atoms with Crippen LogP contribution in [0.15, 0.2) is 18.2 Å². The Balaban J connectivity index is 2.84. The van der Waals surface area contributed by atoms with E-state index in [1.54, 1.807) is 12.1 Å². The molecule has 4 heteroatoms. The normalized spacial score (nSPS) is 10.1. The molecular weight excluding hydrogens is 319 g/mol. The molecule has 1 aromatic rings. The van der Waals surface area contributed by atoms with Crippen molar-refractivity contribution in [1.29, 1.82) is 0 Å². The average Bonchev–Trinajstić information content (AvgIpc) is 2.29. The van der Waals surface area contributed by atoms with Crippen LogP contribution in [0.2, 0.25) is 0 Å². The molecule has 0 fully saturated rings. The molecule has 1 N–H and O–H groups in total. The summed E-state index contributed by atoms with van der Waals surface area (Å²) in [5.41, 5.74) is 1.32. The molecule has 0 spiro atoms. The predicted octanol–water partition coefficient (Wildman–Crippen LogP) is 3.50. The SMILES string of the molecule is CCCCOc1cc(C(=O)O)ccc1CI. The number of aromatic carboxylic acids is 1. The van der Waals surface area contributed by atoms with Crippen molar-refractivity contribution in [2.75, 3.05) is 6.61 Å². The van der Waals surface area contributed by atoms with Crippen LogP contribution in [-0.2, 0) is 4.43 Å². The Hall–Kier alpha value is -0.780. The van der Waals surface area contributed by atoms with Gasteiger partial charge in [0.1, 0.15) is 5.75 Å². The quantitative estimate of drug-likeness (QED) is 0.492. The van der Waals surface area contributed by atoms with Crippen molar-refractivity contribution in [3.05, 3.63) is 29.3 Å². The van der Waals surface area contributed by atoms with E-state index in [-0.39, 0.29) is 5.56 Å². The van der Waals surface area contributed by atoms with Crippen molar-refractivity contribution >= 4 is 28.6 Å². The molecule has 0 saturated carbocycles.